The van der Waals surface area contributed by atoms with E-state index in [1.54, 1.807) is 0 Å². The maximum atomic E-state index is 4.82. The van der Waals surface area contributed by atoms with Crippen LogP contribution in [-0.2, 0) is 13.0 Å². The third kappa shape index (κ3) is 3.61. The van der Waals surface area contributed by atoms with Gasteiger partial charge in [-0.25, -0.2) is 4.98 Å². The van der Waals surface area contributed by atoms with Gasteiger partial charge in [0.15, 0.2) is 0 Å². The first-order chi connectivity index (χ1) is 10.2. The fourth-order valence-corrected chi connectivity index (χ4v) is 2.58. The third-order valence-corrected chi connectivity index (χ3v) is 3.67. The van der Waals surface area contributed by atoms with Gasteiger partial charge in [0, 0.05) is 24.5 Å². The van der Waals surface area contributed by atoms with Crippen LogP contribution in [0.25, 0.3) is 0 Å². The van der Waals surface area contributed by atoms with Gasteiger partial charge in [-0.15, -0.1) is 0 Å². The van der Waals surface area contributed by atoms with Crippen LogP contribution < -0.4 is 10.2 Å². The minimum Gasteiger partial charge on any atom is -0.326 e. The topological polar surface area (TPSA) is 28.2 Å². The van der Waals surface area contributed by atoms with Gasteiger partial charge < -0.3 is 10.2 Å². The Labute approximate surface area is 128 Å². The molecule has 3 nitrogen and oxygen atoms in total. The highest BCUT2D eigenvalue weighted by atomic mass is 15.2. The quantitative estimate of drug-likeness (QED) is 0.873. The smallest absolute Gasteiger partial charge is 0.133 e. The van der Waals surface area contributed by atoms with E-state index in [4.69, 9.17) is 4.98 Å². The van der Waals surface area contributed by atoms with Gasteiger partial charge in [-0.2, -0.15) is 0 Å². The minimum absolute atomic E-state index is 0.869. The van der Waals surface area contributed by atoms with Crippen LogP contribution >= 0.6 is 0 Å². The van der Waals surface area contributed by atoms with Crippen LogP contribution in [0, 0.1) is 6.92 Å². The molecule has 0 radical (unpaired) electrons. The monoisotopic (exact) mass is 283 g/mol. The number of para-hydroxylation sites is 1. The Balaban J connectivity index is 2.46. The lowest BCUT2D eigenvalue weighted by molar-refractivity contribution is 0.809. The van der Waals surface area contributed by atoms with Gasteiger partial charge in [0.2, 0.25) is 0 Å². The van der Waals surface area contributed by atoms with Gasteiger partial charge in [0.1, 0.15) is 5.82 Å². The lowest BCUT2D eigenvalue weighted by Gasteiger charge is -2.25. The zero-order valence-electron chi connectivity index (χ0n) is 13.5. The molecule has 1 heterocycles. The first-order valence-electron chi connectivity index (χ1n) is 7.67. The fourth-order valence-electron chi connectivity index (χ4n) is 2.58. The van der Waals surface area contributed by atoms with E-state index in [1.165, 1.54) is 16.8 Å². The summed E-state index contributed by atoms with van der Waals surface area (Å²) >= 11 is 0. The van der Waals surface area contributed by atoms with E-state index in [-0.39, 0.29) is 0 Å². The largest absolute Gasteiger partial charge is 0.326 e. The molecular formula is C18H25N3. The van der Waals surface area contributed by atoms with E-state index >= 15 is 0 Å². The molecule has 21 heavy (non-hydrogen) atoms. The lowest BCUT2D eigenvalue weighted by atomic mass is 10.1. The van der Waals surface area contributed by atoms with E-state index in [0.29, 0.717) is 0 Å². The molecule has 0 bridgehead atoms. The second-order valence-electron chi connectivity index (χ2n) is 5.24. The van der Waals surface area contributed by atoms with Crippen molar-refractivity contribution in [3.63, 3.8) is 0 Å². The van der Waals surface area contributed by atoms with E-state index in [9.17, 15) is 0 Å². The van der Waals surface area contributed by atoms with E-state index in [1.807, 2.05) is 7.05 Å². The van der Waals surface area contributed by atoms with Gasteiger partial charge in [-0.3, -0.25) is 0 Å². The molecule has 0 aliphatic carbocycles. The molecule has 1 N–H and O–H groups in total. The Morgan fingerprint density at radius 3 is 2.52 bits per heavy atom. The Morgan fingerprint density at radius 1 is 1.14 bits per heavy atom. The predicted molar refractivity (Wildman–Crippen MR) is 90.2 cm³/mol. The van der Waals surface area contributed by atoms with Crippen LogP contribution in [0.15, 0.2) is 36.4 Å². The highest BCUT2D eigenvalue weighted by molar-refractivity contribution is 5.64. The average Bonchev–Trinajstić information content (AvgIpc) is 2.50. The Kier molecular flexibility index (Phi) is 5.34. The van der Waals surface area contributed by atoms with E-state index in [0.717, 1.165) is 31.0 Å². The molecule has 0 saturated heterocycles. The summed E-state index contributed by atoms with van der Waals surface area (Å²) in [7, 11) is 1.98. The molecule has 0 fully saturated rings. The fraction of sp³-hybridized carbons (Fsp3) is 0.389. The van der Waals surface area contributed by atoms with E-state index in [2.05, 4.69) is 67.4 Å². The summed E-state index contributed by atoms with van der Waals surface area (Å²) in [5.74, 6) is 1.04. The molecule has 0 unspecified atom stereocenters. The number of pyridine rings is 1. The second-order valence-corrected chi connectivity index (χ2v) is 5.24. The molecule has 0 atom stereocenters. The van der Waals surface area contributed by atoms with Crippen LogP contribution in [0.5, 0.6) is 0 Å². The second kappa shape index (κ2) is 7.23. The zero-order chi connectivity index (χ0) is 15.2. The summed E-state index contributed by atoms with van der Waals surface area (Å²) in [6, 6.07) is 12.8. The molecule has 3 heteroatoms. The van der Waals surface area contributed by atoms with Crippen molar-refractivity contribution in [1.29, 1.82) is 0 Å². The number of nitrogens with one attached hydrogen (secondary N) is 1. The molecule has 0 amide bonds. The molecule has 0 spiro atoms. The number of aromatic nitrogens is 1. The van der Waals surface area contributed by atoms with Crippen molar-refractivity contribution in [1.82, 2.24) is 10.3 Å². The maximum Gasteiger partial charge on any atom is 0.133 e. The molecule has 0 saturated carbocycles. The van der Waals surface area contributed by atoms with Crippen molar-refractivity contribution in [2.24, 2.45) is 0 Å². The zero-order valence-corrected chi connectivity index (χ0v) is 13.5. The highest BCUT2D eigenvalue weighted by Gasteiger charge is 2.12. The molecule has 0 aliphatic rings. The summed E-state index contributed by atoms with van der Waals surface area (Å²) in [4.78, 5) is 7.11. The predicted octanol–water partition coefficient (Wildman–Crippen LogP) is 3.83. The minimum atomic E-state index is 0.869. The summed E-state index contributed by atoms with van der Waals surface area (Å²) in [5.41, 5.74) is 4.94. The van der Waals surface area contributed by atoms with Gasteiger partial charge in [-0.1, -0.05) is 25.1 Å². The van der Waals surface area contributed by atoms with Crippen LogP contribution in [0.3, 0.4) is 0 Å². The van der Waals surface area contributed by atoms with Crippen LogP contribution in [0.2, 0.25) is 0 Å². The number of hydrogen-bond donors (Lipinski definition) is 1. The maximum absolute atomic E-state index is 4.82. The van der Waals surface area contributed by atoms with E-state index < -0.39 is 0 Å². The van der Waals surface area contributed by atoms with Crippen molar-refractivity contribution in [2.75, 3.05) is 18.5 Å². The SMILES string of the molecule is CCc1cc(CNC)cc(N(CC)c2ccccc2C)n1. The number of anilines is 2. The summed E-state index contributed by atoms with van der Waals surface area (Å²) in [6.07, 6.45) is 0.954. The summed E-state index contributed by atoms with van der Waals surface area (Å²) in [5, 5.41) is 3.22. The van der Waals surface area contributed by atoms with Crippen LogP contribution in [0.4, 0.5) is 11.5 Å². The lowest BCUT2D eigenvalue weighted by Crippen LogP contribution is -2.19. The number of aryl methyl sites for hydroxylation is 2. The van der Waals surface area contributed by atoms with Crippen molar-refractivity contribution < 1.29 is 0 Å². The first kappa shape index (κ1) is 15.5. The normalized spacial score (nSPS) is 10.7. The Hall–Kier alpha value is -1.87. The number of nitrogens with zero attached hydrogens (tertiary/aromatic N) is 2. The standard InChI is InChI=1S/C18H25N3/c1-5-16-11-15(13-19-4)12-18(20-16)21(6-2)17-10-8-7-9-14(17)3/h7-12,19H,5-6,13H2,1-4H3. The molecule has 2 rings (SSSR count). The Bertz CT molecular complexity index is 593. The van der Waals surface area contributed by atoms with Gasteiger partial charge in [0.05, 0.1) is 0 Å². The molecule has 112 valence electrons. The number of hydrogen-bond acceptors (Lipinski definition) is 3. The van der Waals surface area contributed by atoms with Crippen LogP contribution in [-0.4, -0.2) is 18.6 Å². The van der Waals surface area contributed by atoms with Crippen molar-refractivity contribution >= 4 is 11.5 Å². The van der Waals surface area contributed by atoms with Crippen LogP contribution in [0.1, 0.15) is 30.7 Å². The van der Waals surface area contributed by atoms with Gasteiger partial charge in [-0.05, 0) is 56.6 Å². The van der Waals surface area contributed by atoms with Gasteiger partial charge >= 0.3 is 0 Å². The average molecular weight is 283 g/mol. The molecule has 1 aromatic heterocycles. The molecule has 2 aromatic rings. The van der Waals surface area contributed by atoms with Crippen molar-refractivity contribution in [3.8, 4) is 0 Å². The van der Waals surface area contributed by atoms with Gasteiger partial charge in [0.25, 0.3) is 0 Å². The number of benzene rings is 1. The number of rotatable bonds is 6. The van der Waals surface area contributed by atoms with Crippen molar-refractivity contribution in [3.05, 3.63) is 53.2 Å². The molecule has 0 aliphatic heterocycles. The highest BCUT2D eigenvalue weighted by Crippen LogP contribution is 2.27. The third-order valence-electron chi connectivity index (χ3n) is 3.67. The molecule has 1 aromatic carbocycles. The van der Waals surface area contributed by atoms with Crippen molar-refractivity contribution in [2.45, 2.75) is 33.7 Å². The summed E-state index contributed by atoms with van der Waals surface area (Å²) in [6.45, 7) is 8.25. The summed E-state index contributed by atoms with van der Waals surface area (Å²) < 4.78 is 0. The molecular weight excluding hydrogens is 258 g/mol. The first-order valence-corrected chi connectivity index (χ1v) is 7.67. The Morgan fingerprint density at radius 2 is 1.90 bits per heavy atom.